The minimum absolute atomic E-state index is 0.0963. The van der Waals surface area contributed by atoms with Gasteiger partial charge in [-0.05, 0) is 44.7 Å². The van der Waals surface area contributed by atoms with Gasteiger partial charge in [0.2, 0.25) is 5.91 Å². The molecule has 6 nitrogen and oxygen atoms in total. The Bertz CT molecular complexity index is 356. The zero-order valence-corrected chi connectivity index (χ0v) is 12.6. The molecule has 0 radical (unpaired) electrons. The van der Waals surface area contributed by atoms with Crippen molar-refractivity contribution in [2.45, 2.75) is 44.6 Å². The SMILES string of the molecule is O=C(O)CC1CCCN(C(=O)CCOC2CCNCC2)C1. The maximum Gasteiger partial charge on any atom is 0.303 e. The molecule has 2 aliphatic heterocycles. The van der Waals surface area contributed by atoms with Crippen molar-refractivity contribution in [3.63, 3.8) is 0 Å². The summed E-state index contributed by atoms with van der Waals surface area (Å²) in [5, 5.41) is 12.1. The van der Waals surface area contributed by atoms with Crippen LogP contribution in [0.25, 0.3) is 0 Å². The lowest BCUT2D eigenvalue weighted by Gasteiger charge is -2.32. The van der Waals surface area contributed by atoms with Crippen molar-refractivity contribution in [1.29, 1.82) is 0 Å². The minimum Gasteiger partial charge on any atom is -0.481 e. The highest BCUT2D eigenvalue weighted by atomic mass is 16.5. The van der Waals surface area contributed by atoms with Crippen molar-refractivity contribution < 1.29 is 19.4 Å². The molecular weight excluding hydrogens is 272 g/mol. The van der Waals surface area contributed by atoms with Gasteiger partial charge in [0.05, 0.1) is 19.1 Å². The summed E-state index contributed by atoms with van der Waals surface area (Å²) in [6.45, 7) is 3.79. The molecule has 0 aromatic rings. The summed E-state index contributed by atoms with van der Waals surface area (Å²) in [4.78, 5) is 24.7. The second-order valence-corrected chi connectivity index (χ2v) is 6.02. The molecule has 0 saturated carbocycles. The molecule has 2 aliphatic rings. The van der Waals surface area contributed by atoms with Crippen LogP contribution in [0.4, 0.5) is 0 Å². The van der Waals surface area contributed by atoms with Crippen LogP contribution in [0.3, 0.4) is 0 Å². The van der Waals surface area contributed by atoms with Crippen molar-refractivity contribution in [3.8, 4) is 0 Å². The van der Waals surface area contributed by atoms with Gasteiger partial charge in [-0.3, -0.25) is 9.59 Å². The molecule has 2 saturated heterocycles. The first-order valence-corrected chi connectivity index (χ1v) is 7.97. The Hall–Kier alpha value is -1.14. The third-order valence-corrected chi connectivity index (χ3v) is 4.29. The van der Waals surface area contributed by atoms with Crippen LogP contribution < -0.4 is 5.32 Å². The fourth-order valence-corrected chi connectivity index (χ4v) is 3.14. The van der Waals surface area contributed by atoms with E-state index in [4.69, 9.17) is 9.84 Å². The second kappa shape index (κ2) is 8.34. The van der Waals surface area contributed by atoms with Crippen LogP contribution in [-0.4, -0.2) is 60.8 Å². The Morgan fingerprint density at radius 1 is 1.24 bits per heavy atom. The lowest BCUT2D eigenvalue weighted by Crippen LogP contribution is -2.41. The Morgan fingerprint density at radius 2 is 2.00 bits per heavy atom. The highest BCUT2D eigenvalue weighted by Crippen LogP contribution is 2.20. The number of nitrogens with one attached hydrogen (secondary N) is 1. The number of ether oxygens (including phenoxy) is 1. The van der Waals surface area contributed by atoms with E-state index in [9.17, 15) is 9.59 Å². The fourth-order valence-electron chi connectivity index (χ4n) is 3.14. The molecule has 0 spiro atoms. The molecule has 2 heterocycles. The summed E-state index contributed by atoms with van der Waals surface area (Å²) in [7, 11) is 0. The molecule has 1 amide bonds. The fraction of sp³-hybridized carbons (Fsp3) is 0.867. The molecule has 2 rings (SSSR count). The van der Waals surface area contributed by atoms with Gasteiger partial charge >= 0.3 is 5.97 Å². The summed E-state index contributed by atoms with van der Waals surface area (Å²) in [6.07, 6.45) is 4.68. The van der Waals surface area contributed by atoms with Crippen LogP contribution in [0, 0.1) is 5.92 Å². The van der Waals surface area contributed by atoms with Gasteiger partial charge in [-0.2, -0.15) is 0 Å². The topological polar surface area (TPSA) is 78.9 Å². The van der Waals surface area contributed by atoms with Gasteiger partial charge in [0, 0.05) is 19.5 Å². The quantitative estimate of drug-likeness (QED) is 0.760. The van der Waals surface area contributed by atoms with Crippen molar-refractivity contribution >= 4 is 11.9 Å². The molecule has 1 unspecified atom stereocenters. The number of hydrogen-bond acceptors (Lipinski definition) is 4. The minimum atomic E-state index is -0.774. The van der Waals surface area contributed by atoms with Gasteiger partial charge in [-0.15, -0.1) is 0 Å². The highest BCUT2D eigenvalue weighted by molar-refractivity contribution is 5.76. The molecule has 120 valence electrons. The first-order valence-electron chi connectivity index (χ1n) is 7.97. The van der Waals surface area contributed by atoms with Crippen LogP contribution >= 0.6 is 0 Å². The summed E-state index contributed by atoms with van der Waals surface area (Å²) >= 11 is 0. The van der Waals surface area contributed by atoms with Gasteiger partial charge in [-0.1, -0.05) is 0 Å². The maximum atomic E-state index is 12.2. The van der Waals surface area contributed by atoms with E-state index in [2.05, 4.69) is 5.32 Å². The monoisotopic (exact) mass is 298 g/mol. The maximum absolute atomic E-state index is 12.2. The molecule has 1 atom stereocenters. The van der Waals surface area contributed by atoms with Gasteiger partial charge in [0.1, 0.15) is 0 Å². The number of piperidine rings is 2. The van der Waals surface area contributed by atoms with E-state index in [1.807, 2.05) is 4.90 Å². The number of nitrogens with zero attached hydrogens (tertiary/aromatic N) is 1. The van der Waals surface area contributed by atoms with Crippen molar-refractivity contribution in [3.05, 3.63) is 0 Å². The molecule has 0 aromatic heterocycles. The van der Waals surface area contributed by atoms with Gasteiger partial charge < -0.3 is 20.1 Å². The third-order valence-electron chi connectivity index (χ3n) is 4.29. The van der Waals surface area contributed by atoms with Gasteiger partial charge in [0.15, 0.2) is 0 Å². The third kappa shape index (κ3) is 5.63. The average molecular weight is 298 g/mol. The number of carbonyl (C=O) groups excluding carboxylic acids is 1. The lowest BCUT2D eigenvalue weighted by molar-refractivity contribution is -0.141. The number of aliphatic carboxylic acids is 1. The Balaban J connectivity index is 1.66. The van der Waals surface area contributed by atoms with Crippen LogP contribution in [0.1, 0.15) is 38.5 Å². The normalized spacial score (nSPS) is 24.0. The van der Waals surface area contributed by atoms with E-state index in [0.717, 1.165) is 45.3 Å². The smallest absolute Gasteiger partial charge is 0.303 e. The Kier molecular flexibility index (Phi) is 6.45. The molecule has 6 heteroatoms. The number of amides is 1. The van der Waals surface area contributed by atoms with Crippen LogP contribution in [0.5, 0.6) is 0 Å². The number of rotatable bonds is 6. The lowest BCUT2D eigenvalue weighted by atomic mass is 9.95. The number of carboxylic acids is 1. The zero-order chi connectivity index (χ0) is 15.1. The molecule has 0 bridgehead atoms. The van der Waals surface area contributed by atoms with Crippen molar-refractivity contribution in [1.82, 2.24) is 10.2 Å². The van der Waals surface area contributed by atoms with Crippen LogP contribution in [-0.2, 0) is 14.3 Å². The summed E-state index contributed by atoms with van der Waals surface area (Å²) in [6, 6.07) is 0. The zero-order valence-electron chi connectivity index (χ0n) is 12.6. The Morgan fingerprint density at radius 3 is 2.71 bits per heavy atom. The first-order chi connectivity index (χ1) is 10.1. The average Bonchev–Trinajstić information content (AvgIpc) is 2.48. The number of carbonyl (C=O) groups is 2. The van der Waals surface area contributed by atoms with Crippen LogP contribution in [0.2, 0.25) is 0 Å². The largest absolute Gasteiger partial charge is 0.481 e. The standard InChI is InChI=1S/C15H26N2O4/c18-14(5-9-21-13-3-6-16-7-4-13)17-8-1-2-12(11-17)10-15(19)20/h12-13,16H,1-11H2,(H,19,20). The van der Waals surface area contributed by atoms with Crippen molar-refractivity contribution in [2.24, 2.45) is 5.92 Å². The van der Waals surface area contributed by atoms with Gasteiger partial charge in [-0.25, -0.2) is 0 Å². The second-order valence-electron chi connectivity index (χ2n) is 6.02. The Labute approximate surface area is 125 Å². The molecule has 2 N–H and O–H groups in total. The molecule has 2 fully saturated rings. The van der Waals surface area contributed by atoms with E-state index < -0.39 is 5.97 Å². The van der Waals surface area contributed by atoms with Crippen LogP contribution in [0.15, 0.2) is 0 Å². The molecule has 0 aliphatic carbocycles. The van der Waals surface area contributed by atoms with E-state index >= 15 is 0 Å². The number of hydrogen-bond donors (Lipinski definition) is 2. The first kappa shape index (κ1) is 16.2. The number of likely N-dealkylation sites (tertiary alicyclic amines) is 1. The predicted octanol–water partition coefficient (Wildman–Crippen LogP) is 0.858. The summed E-state index contributed by atoms with van der Waals surface area (Å²) < 4.78 is 5.75. The van der Waals surface area contributed by atoms with E-state index in [0.29, 0.717) is 19.6 Å². The van der Waals surface area contributed by atoms with Crippen molar-refractivity contribution in [2.75, 3.05) is 32.8 Å². The van der Waals surface area contributed by atoms with E-state index in [-0.39, 0.29) is 24.3 Å². The molecule has 21 heavy (non-hydrogen) atoms. The van der Waals surface area contributed by atoms with E-state index in [1.165, 1.54) is 0 Å². The highest BCUT2D eigenvalue weighted by Gasteiger charge is 2.25. The van der Waals surface area contributed by atoms with Gasteiger partial charge in [0.25, 0.3) is 0 Å². The van der Waals surface area contributed by atoms with E-state index in [1.54, 1.807) is 0 Å². The predicted molar refractivity (Wildman–Crippen MR) is 78.0 cm³/mol. The molecular formula is C15H26N2O4. The molecule has 0 aromatic carbocycles. The summed E-state index contributed by atoms with van der Waals surface area (Å²) in [5.41, 5.74) is 0. The number of carboxylic acid groups (broad SMARTS) is 1. The summed E-state index contributed by atoms with van der Waals surface area (Å²) in [5.74, 6) is -0.576.